The molecule has 162 valence electrons. The number of rotatable bonds is 6. The number of carbonyl (C=O) groups excluding carboxylic acids is 1. The second-order valence-corrected chi connectivity index (χ2v) is 8.63. The number of aryl methyl sites for hydroxylation is 1. The molecule has 0 radical (unpaired) electrons. The van der Waals surface area contributed by atoms with E-state index in [0.717, 1.165) is 5.69 Å². The van der Waals surface area contributed by atoms with Gasteiger partial charge in [-0.3, -0.25) is 4.79 Å². The van der Waals surface area contributed by atoms with Gasteiger partial charge in [-0.2, -0.15) is 5.10 Å². The third kappa shape index (κ3) is 4.35. The normalized spacial score (nSPS) is 11.2. The average Bonchev–Trinajstić information content (AvgIpc) is 3.09. The Bertz CT molecular complexity index is 1350. The van der Waals surface area contributed by atoms with Crippen LogP contribution >= 0.6 is 0 Å². The molecular weight excluding hydrogens is 428 g/mol. The monoisotopic (exact) mass is 448 g/mol. The first kappa shape index (κ1) is 21.2. The van der Waals surface area contributed by atoms with E-state index in [4.69, 9.17) is 0 Å². The molecular formula is C22H20N6O3S. The molecule has 2 heterocycles. The van der Waals surface area contributed by atoms with Crippen molar-refractivity contribution in [2.45, 2.75) is 18.7 Å². The zero-order chi connectivity index (χ0) is 22.7. The predicted octanol–water partition coefficient (Wildman–Crippen LogP) is 3.33. The van der Waals surface area contributed by atoms with Crippen LogP contribution in [-0.4, -0.2) is 34.1 Å². The number of anilines is 2. The van der Waals surface area contributed by atoms with Crippen LogP contribution in [0, 0.1) is 13.8 Å². The zero-order valence-electron chi connectivity index (χ0n) is 17.4. The number of carbonyl (C=O) groups is 1. The quantitative estimate of drug-likeness (QED) is 0.467. The van der Waals surface area contributed by atoms with Crippen molar-refractivity contribution < 1.29 is 13.2 Å². The van der Waals surface area contributed by atoms with Crippen LogP contribution in [0.5, 0.6) is 0 Å². The number of nitrogens with one attached hydrogen (secondary N) is 2. The molecule has 0 aliphatic heterocycles. The molecule has 2 aromatic carbocycles. The number of nitrogens with zero attached hydrogens (tertiary/aromatic N) is 4. The van der Waals surface area contributed by atoms with Gasteiger partial charge in [0, 0.05) is 18.1 Å². The summed E-state index contributed by atoms with van der Waals surface area (Å²) in [6.07, 6.45) is 2.88. The highest BCUT2D eigenvalue weighted by atomic mass is 32.2. The van der Waals surface area contributed by atoms with Crippen LogP contribution in [0.3, 0.4) is 0 Å². The standard InChI is InChI=1S/C22H20N6O3S/c1-15-20(16(2)28(26-15)18-7-4-3-5-8-18)21(29)25-17-9-11-19(12-10-17)32(30,31)27-22-23-13-6-14-24-22/h3-14H,1-2H3,(H,25,29)(H,23,24,27). The van der Waals surface area contributed by atoms with Gasteiger partial charge in [0.2, 0.25) is 5.95 Å². The van der Waals surface area contributed by atoms with Gasteiger partial charge in [-0.25, -0.2) is 27.8 Å². The molecule has 0 atom stereocenters. The number of hydrogen-bond acceptors (Lipinski definition) is 6. The lowest BCUT2D eigenvalue weighted by Gasteiger charge is -2.09. The molecule has 0 saturated carbocycles. The van der Waals surface area contributed by atoms with Gasteiger partial charge in [0.05, 0.1) is 27.5 Å². The smallest absolute Gasteiger partial charge is 0.264 e. The van der Waals surface area contributed by atoms with E-state index in [9.17, 15) is 13.2 Å². The van der Waals surface area contributed by atoms with Crippen LogP contribution in [0.2, 0.25) is 0 Å². The molecule has 4 rings (SSSR count). The van der Waals surface area contributed by atoms with Gasteiger partial charge >= 0.3 is 0 Å². The van der Waals surface area contributed by atoms with Crippen molar-refractivity contribution in [3.05, 3.63) is 90.0 Å². The minimum atomic E-state index is -3.85. The van der Waals surface area contributed by atoms with Gasteiger partial charge in [-0.1, -0.05) is 18.2 Å². The summed E-state index contributed by atoms with van der Waals surface area (Å²) in [5.41, 5.74) is 3.08. The molecule has 0 fully saturated rings. The van der Waals surface area contributed by atoms with Crippen LogP contribution in [0.15, 0.2) is 78.0 Å². The summed E-state index contributed by atoms with van der Waals surface area (Å²) >= 11 is 0. The SMILES string of the molecule is Cc1nn(-c2ccccc2)c(C)c1C(=O)Nc1ccc(S(=O)(=O)Nc2ncccn2)cc1. The Labute approximate surface area is 185 Å². The van der Waals surface area contributed by atoms with Gasteiger partial charge in [0.1, 0.15) is 0 Å². The Morgan fingerprint density at radius 1 is 0.906 bits per heavy atom. The highest BCUT2D eigenvalue weighted by molar-refractivity contribution is 7.92. The minimum absolute atomic E-state index is 0.0206. The molecule has 1 amide bonds. The van der Waals surface area contributed by atoms with E-state index in [2.05, 4.69) is 25.1 Å². The Kier molecular flexibility index (Phi) is 5.69. The summed E-state index contributed by atoms with van der Waals surface area (Å²) in [5, 5.41) is 7.29. The van der Waals surface area contributed by atoms with Crippen molar-refractivity contribution >= 4 is 27.6 Å². The Morgan fingerprint density at radius 3 is 2.22 bits per heavy atom. The summed E-state index contributed by atoms with van der Waals surface area (Å²) in [4.78, 5) is 20.6. The van der Waals surface area contributed by atoms with Crippen molar-refractivity contribution in [3.63, 3.8) is 0 Å². The zero-order valence-corrected chi connectivity index (χ0v) is 18.2. The fourth-order valence-electron chi connectivity index (χ4n) is 3.23. The second kappa shape index (κ2) is 8.60. The maximum atomic E-state index is 12.9. The second-order valence-electron chi connectivity index (χ2n) is 6.95. The average molecular weight is 449 g/mol. The number of para-hydroxylation sites is 1. The predicted molar refractivity (Wildman–Crippen MR) is 120 cm³/mol. The molecule has 0 spiro atoms. The lowest BCUT2D eigenvalue weighted by atomic mass is 10.1. The molecule has 4 aromatic rings. The summed E-state index contributed by atoms with van der Waals surface area (Å²) < 4.78 is 29.0. The number of benzene rings is 2. The highest BCUT2D eigenvalue weighted by Crippen LogP contribution is 2.21. The lowest BCUT2D eigenvalue weighted by Crippen LogP contribution is -2.16. The first-order valence-corrected chi connectivity index (χ1v) is 11.2. The maximum absolute atomic E-state index is 12.9. The van der Waals surface area contributed by atoms with E-state index >= 15 is 0 Å². The van der Waals surface area contributed by atoms with Crippen LogP contribution in [-0.2, 0) is 10.0 Å². The molecule has 32 heavy (non-hydrogen) atoms. The fraction of sp³-hybridized carbons (Fsp3) is 0.0909. The van der Waals surface area contributed by atoms with E-state index < -0.39 is 10.0 Å². The molecule has 0 unspecified atom stereocenters. The van der Waals surface area contributed by atoms with Crippen LogP contribution in [0.4, 0.5) is 11.6 Å². The number of aromatic nitrogens is 4. The van der Waals surface area contributed by atoms with Crippen LogP contribution in [0.25, 0.3) is 5.69 Å². The highest BCUT2D eigenvalue weighted by Gasteiger charge is 2.20. The maximum Gasteiger partial charge on any atom is 0.264 e. The summed E-state index contributed by atoms with van der Waals surface area (Å²) in [7, 11) is -3.85. The molecule has 10 heteroatoms. The van der Waals surface area contributed by atoms with E-state index in [1.54, 1.807) is 17.7 Å². The molecule has 2 N–H and O–H groups in total. The summed E-state index contributed by atoms with van der Waals surface area (Å²) in [6, 6.07) is 17.0. The first-order chi connectivity index (χ1) is 15.3. The van der Waals surface area contributed by atoms with Gasteiger partial charge in [-0.15, -0.1) is 0 Å². The Balaban J connectivity index is 1.52. The Morgan fingerprint density at radius 2 is 1.56 bits per heavy atom. The van der Waals surface area contributed by atoms with E-state index in [1.165, 1.54) is 36.7 Å². The van der Waals surface area contributed by atoms with Gasteiger partial charge < -0.3 is 5.32 Å². The molecule has 0 bridgehead atoms. The van der Waals surface area contributed by atoms with Crippen molar-refractivity contribution in [3.8, 4) is 5.69 Å². The third-order valence-corrected chi connectivity index (χ3v) is 6.08. The molecule has 0 saturated heterocycles. The van der Waals surface area contributed by atoms with E-state index in [0.29, 0.717) is 22.6 Å². The van der Waals surface area contributed by atoms with Crippen molar-refractivity contribution in [2.24, 2.45) is 0 Å². The van der Waals surface area contributed by atoms with E-state index in [-0.39, 0.29) is 16.8 Å². The van der Waals surface area contributed by atoms with Crippen molar-refractivity contribution in [1.29, 1.82) is 0 Å². The molecule has 0 aliphatic carbocycles. The number of amides is 1. The van der Waals surface area contributed by atoms with Gasteiger partial charge in [0.25, 0.3) is 15.9 Å². The van der Waals surface area contributed by atoms with Crippen molar-refractivity contribution in [2.75, 3.05) is 10.0 Å². The van der Waals surface area contributed by atoms with Crippen LogP contribution in [0.1, 0.15) is 21.7 Å². The van der Waals surface area contributed by atoms with Crippen LogP contribution < -0.4 is 10.0 Å². The first-order valence-electron chi connectivity index (χ1n) is 9.68. The minimum Gasteiger partial charge on any atom is -0.322 e. The Hall–Kier alpha value is -4.05. The summed E-state index contributed by atoms with van der Waals surface area (Å²) in [6.45, 7) is 3.60. The molecule has 2 aromatic heterocycles. The molecule has 0 aliphatic rings. The van der Waals surface area contributed by atoms with Gasteiger partial charge in [-0.05, 0) is 56.3 Å². The number of hydrogen-bond donors (Lipinski definition) is 2. The van der Waals surface area contributed by atoms with E-state index in [1.807, 2.05) is 37.3 Å². The largest absolute Gasteiger partial charge is 0.322 e. The fourth-order valence-corrected chi connectivity index (χ4v) is 4.19. The number of sulfonamides is 1. The molecule has 9 nitrogen and oxygen atoms in total. The lowest BCUT2D eigenvalue weighted by molar-refractivity contribution is 0.102. The van der Waals surface area contributed by atoms with Crippen molar-refractivity contribution in [1.82, 2.24) is 19.7 Å². The van der Waals surface area contributed by atoms with Gasteiger partial charge in [0.15, 0.2) is 0 Å². The summed E-state index contributed by atoms with van der Waals surface area (Å²) in [5.74, 6) is -0.347. The topological polar surface area (TPSA) is 119 Å². The third-order valence-electron chi connectivity index (χ3n) is 4.73.